The van der Waals surface area contributed by atoms with Crippen molar-refractivity contribution in [3.8, 4) is 6.07 Å². The molecule has 0 fully saturated rings. The summed E-state index contributed by atoms with van der Waals surface area (Å²) in [6, 6.07) is 5.22. The van der Waals surface area contributed by atoms with Gasteiger partial charge in [0.1, 0.15) is 29.0 Å². The van der Waals surface area contributed by atoms with Gasteiger partial charge in [0.15, 0.2) is 16.1 Å². The molecule has 4 nitrogen and oxygen atoms in total. The standard InChI is InChI=1S/C12H7ClF2N4S/c1-20-12-18-10(13)6(5-16)11(19-12)17-9-7(14)3-2-4-8(9)15/h2-4H,1H3,(H,17,18,19). The molecular formula is C12H7ClF2N4S. The van der Waals surface area contributed by atoms with Gasteiger partial charge in [0.25, 0.3) is 0 Å². The van der Waals surface area contributed by atoms with Gasteiger partial charge in [-0.1, -0.05) is 29.4 Å². The smallest absolute Gasteiger partial charge is 0.190 e. The molecule has 0 unspecified atom stereocenters. The van der Waals surface area contributed by atoms with Crippen LogP contribution in [0.2, 0.25) is 5.15 Å². The summed E-state index contributed by atoms with van der Waals surface area (Å²) in [6.07, 6.45) is 1.71. The minimum absolute atomic E-state index is 0.0409. The molecule has 2 rings (SSSR count). The van der Waals surface area contributed by atoms with Crippen LogP contribution >= 0.6 is 23.4 Å². The fourth-order valence-corrected chi connectivity index (χ4v) is 2.06. The molecule has 0 atom stereocenters. The quantitative estimate of drug-likeness (QED) is 0.531. The maximum absolute atomic E-state index is 13.6. The number of rotatable bonds is 3. The number of anilines is 2. The number of halogens is 3. The van der Waals surface area contributed by atoms with E-state index in [1.54, 1.807) is 12.3 Å². The number of para-hydroxylation sites is 1. The SMILES string of the molecule is CSc1nc(Cl)c(C#N)c(Nc2c(F)cccc2F)n1. The van der Waals surface area contributed by atoms with E-state index >= 15 is 0 Å². The predicted molar refractivity (Wildman–Crippen MR) is 73.2 cm³/mol. The number of nitrogens with zero attached hydrogens (tertiary/aromatic N) is 3. The molecule has 0 saturated heterocycles. The second kappa shape index (κ2) is 6.03. The average molecular weight is 313 g/mol. The van der Waals surface area contributed by atoms with Gasteiger partial charge < -0.3 is 5.32 Å². The van der Waals surface area contributed by atoms with Gasteiger partial charge in [0.2, 0.25) is 0 Å². The number of nitrogens with one attached hydrogen (secondary N) is 1. The van der Waals surface area contributed by atoms with Gasteiger partial charge in [-0.05, 0) is 18.4 Å². The third kappa shape index (κ3) is 2.81. The summed E-state index contributed by atoms with van der Waals surface area (Å²) in [4.78, 5) is 7.88. The Morgan fingerprint density at radius 3 is 2.50 bits per heavy atom. The second-order valence-corrected chi connectivity index (χ2v) is 4.69. The van der Waals surface area contributed by atoms with Crippen LogP contribution in [0.4, 0.5) is 20.3 Å². The molecule has 0 radical (unpaired) electrons. The van der Waals surface area contributed by atoms with Gasteiger partial charge in [0, 0.05) is 0 Å². The second-order valence-electron chi connectivity index (χ2n) is 3.56. The Hall–Kier alpha value is -1.91. The third-order valence-electron chi connectivity index (χ3n) is 2.34. The van der Waals surface area contributed by atoms with Gasteiger partial charge in [-0.2, -0.15) is 5.26 Å². The van der Waals surface area contributed by atoms with E-state index in [1.807, 2.05) is 0 Å². The first kappa shape index (κ1) is 14.5. The van der Waals surface area contributed by atoms with Gasteiger partial charge >= 0.3 is 0 Å². The molecule has 1 N–H and O–H groups in total. The molecule has 0 aliphatic carbocycles. The highest BCUT2D eigenvalue weighted by Crippen LogP contribution is 2.28. The lowest BCUT2D eigenvalue weighted by atomic mass is 10.2. The zero-order chi connectivity index (χ0) is 14.7. The summed E-state index contributed by atoms with van der Waals surface area (Å²) in [5.41, 5.74) is -0.474. The number of hydrogen-bond acceptors (Lipinski definition) is 5. The molecule has 1 aromatic heterocycles. The Kier molecular flexibility index (Phi) is 4.37. The molecule has 0 amide bonds. The lowest BCUT2D eigenvalue weighted by Crippen LogP contribution is -2.04. The van der Waals surface area contributed by atoms with Crippen molar-refractivity contribution in [3.05, 3.63) is 40.6 Å². The predicted octanol–water partition coefficient (Wildman–Crippen LogP) is 3.75. The van der Waals surface area contributed by atoms with Crippen LogP contribution in [0.25, 0.3) is 0 Å². The van der Waals surface area contributed by atoms with Crippen LogP contribution in [-0.2, 0) is 0 Å². The topological polar surface area (TPSA) is 61.6 Å². The number of benzene rings is 1. The van der Waals surface area contributed by atoms with Gasteiger partial charge in [0.05, 0.1) is 0 Å². The van der Waals surface area contributed by atoms with Crippen molar-refractivity contribution < 1.29 is 8.78 Å². The fraction of sp³-hybridized carbons (Fsp3) is 0.0833. The first-order valence-electron chi connectivity index (χ1n) is 5.29. The molecule has 0 aliphatic heterocycles. The Morgan fingerprint density at radius 1 is 1.30 bits per heavy atom. The number of nitriles is 1. The monoisotopic (exact) mass is 312 g/mol. The van der Waals surface area contributed by atoms with Crippen LogP contribution in [-0.4, -0.2) is 16.2 Å². The molecule has 0 aliphatic rings. The van der Waals surface area contributed by atoms with E-state index in [1.165, 1.54) is 17.8 Å². The molecule has 0 bridgehead atoms. The largest absolute Gasteiger partial charge is 0.334 e. The van der Waals surface area contributed by atoms with Gasteiger partial charge in [-0.3, -0.25) is 0 Å². The molecule has 0 spiro atoms. The van der Waals surface area contributed by atoms with Crippen LogP contribution in [0.5, 0.6) is 0 Å². The maximum Gasteiger partial charge on any atom is 0.190 e. The zero-order valence-electron chi connectivity index (χ0n) is 10.1. The number of hydrogen-bond donors (Lipinski definition) is 1. The maximum atomic E-state index is 13.6. The van der Waals surface area contributed by atoms with E-state index in [4.69, 9.17) is 16.9 Å². The van der Waals surface area contributed by atoms with Crippen molar-refractivity contribution in [3.63, 3.8) is 0 Å². The fourth-order valence-electron chi connectivity index (χ4n) is 1.43. The van der Waals surface area contributed by atoms with E-state index in [2.05, 4.69) is 15.3 Å². The Morgan fingerprint density at radius 2 is 1.95 bits per heavy atom. The molecule has 1 aromatic carbocycles. The van der Waals surface area contributed by atoms with Crippen molar-refractivity contribution in [2.45, 2.75) is 5.16 Å². The van der Waals surface area contributed by atoms with Crippen LogP contribution in [0.3, 0.4) is 0 Å². The van der Waals surface area contributed by atoms with Crippen molar-refractivity contribution in [2.75, 3.05) is 11.6 Å². The molecule has 102 valence electrons. The van der Waals surface area contributed by atoms with Crippen molar-refractivity contribution in [2.24, 2.45) is 0 Å². The lowest BCUT2D eigenvalue weighted by Gasteiger charge is -2.10. The van der Waals surface area contributed by atoms with E-state index in [9.17, 15) is 8.78 Å². The van der Waals surface area contributed by atoms with E-state index in [0.29, 0.717) is 0 Å². The van der Waals surface area contributed by atoms with Crippen LogP contribution in [0.1, 0.15) is 5.56 Å². The van der Waals surface area contributed by atoms with Crippen LogP contribution in [0.15, 0.2) is 23.4 Å². The molecule has 2 aromatic rings. The molecule has 20 heavy (non-hydrogen) atoms. The first-order chi connectivity index (χ1) is 9.56. The molecular weight excluding hydrogens is 306 g/mol. The summed E-state index contributed by atoms with van der Waals surface area (Å²) in [7, 11) is 0. The lowest BCUT2D eigenvalue weighted by molar-refractivity contribution is 0.590. The highest BCUT2D eigenvalue weighted by Gasteiger charge is 2.16. The van der Waals surface area contributed by atoms with Crippen LogP contribution in [0, 0.1) is 23.0 Å². The van der Waals surface area contributed by atoms with Gasteiger partial charge in [-0.25, -0.2) is 18.7 Å². The summed E-state index contributed by atoms with van der Waals surface area (Å²) >= 11 is 7.04. The number of aromatic nitrogens is 2. The Bertz CT molecular complexity index is 682. The Balaban J connectivity index is 2.53. The molecule has 0 saturated carbocycles. The van der Waals surface area contributed by atoms with Crippen LogP contribution < -0.4 is 5.32 Å². The van der Waals surface area contributed by atoms with E-state index in [-0.39, 0.29) is 21.7 Å². The van der Waals surface area contributed by atoms with E-state index < -0.39 is 17.3 Å². The van der Waals surface area contributed by atoms with Crippen molar-refractivity contribution in [1.82, 2.24) is 9.97 Å². The summed E-state index contributed by atoms with van der Waals surface area (Å²) < 4.78 is 27.2. The minimum atomic E-state index is -0.797. The minimum Gasteiger partial charge on any atom is -0.334 e. The molecule has 1 heterocycles. The summed E-state index contributed by atoms with van der Waals surface area (Å²) in [5, 5.41) is 11.7. The van der Waals surface area contributed by atoms with Crippen molar-refractivity contribution in [1.29, 1.82) is 5.26 Å². The Labute approximate surface area is 122 Å². The normalized spacial score (nSPS) is 10.2. The summed E-state index contributed by atoms with van der Waals surface area (Å²) in [6.45, 7) is 0. The highest BCUT2D eigenvalue weighted by molar-refractivity contribution is 7.98. The number of thioether (sulfide) groups is 1. The van der Waals surface area contributed by atoms with Crippen molar-refractivity contribution >= 4 is 34.9 Å². The first-order valence-corrected chi connectivity index (χ1v) is 6.89. The molecule has 8 heteroatoms. The third-order valence-corrected chi connectivity index (χ3v) is 3.17. The zero-order valence-corrected chi connectivity index (χ0v) is 11.7. The summed E-state index contributed by atoms with van der Waals surface area (Å²) in [5.74, 6) is -1.63. The highest BCUT2D eigenvalue weighted by atomic mass is 35.5. The van der Waals surface area contributed by atoms with E-state index in [0.717, 1.165) is 12.1 Å². The average Bonchev–Trinajstić information content (AvgIpc) is 2.42. The van der Waals surface area contributed by atoms with Gasteiger partial charge in [-0.15, -0.1) is 0 Å².